The zero-order valence-corrected chi connectivity index (χ0v) is 8.11. The van der Waals surface area contributed by atoms with Gasteiger partial charge in [-0.05, 0) is 11.0 Å². The summed E-state index contributed by atoms with van der Waals surface area (Å²) in [5, 5.41) is 0. The average Bonchev–Trinajstić information content (AvgIpc) is 1.88. The van der Waals surface area contributed by atoms with Crippen LogP contribution in [0.5, 0.6) is 0 Å². The molecule has 0 fully saturated rings. The molecule has 11 heavy (non-hydrogen) atoms. The lowest BCUT2D eigenvalue weighted by atomic mass is 9.87. The van der Waals surface area contributed by atoms with Crippen LogP contribution in [0.25, 0.3) is 0 Å². The van der Waals surface area contributed by atoms with Crippen LogP contribution in [0.4, 0.5) is 0 Å². The maximum atomic E-state index is 2.22. The summed E-state index contributed by atoms with van der Waals surface area (Å²) < 4.78 is 0. The molecule has 0 N–H and O–H groups in total. The molecule has 0 bridgehead atoms. The Morgan fingerprint density at radius 1 is 0.909 bits per heavy atom. The Labute approximate surface area is 75.0 Å². The van der Waals surface area contributed by atoms with Crippen LogP contribution in [0.1, 0.15) is 26.3 Å². The molecule has 0 aliphatic rings. The fraction of sp³-hybridized carbons (Fsp3) is 0.400. The summed E-state index contributed by atoms with van der Waals surface area (Å²) >= 11 is 0. The molecule has 0 amide bonds. The van der Waals surface area contributed by atoms with Crippen LogP contribution in [0, 0.1) is 0 Å². The van der Waals surface area contributed by atoms with Crippen LogP contribution in [-0.2, 0) is 5.41 Å². The molecule has 0 nitrogen and oxygen atoms in total. The predicted octanol–water partition coefficient (Wildman–Crippen LogP) is 3.41. The molecule has 0 saturated heterocycles. The first-order chi connectivity index (χ1) is 4.61. The Hall–Kier alpha value is -0.490. The Bertz CT molecular complexity index is 196. The van der Waals surface area contributed by atoms with Gasteiger partial charge in [0.15, 0.2) is 0 Å². The molecule has 1 aromatic rings. The van der Waals surface area contributed by atoms with Crippen LogP contribution in [0.15, 0.2) is 30.3 Å². The van der Waals surface area contributed by atoms with Crippen LogP contribution in [-0.4, -0.2) is 0 Å². The maximum absolute atomic E-state index is 2.22. The van der Waals surface area contributed by atoms with E-state index in [9.17, 15) is 0 Å². The van der Waals surface area contributed by atoms with Gasteiger partial charge in [0.05, 0.1) is 0 Å². The highest BCUT2D eigenvalue weighted by molar-refractivity contribution is 5.85. The summed E-state index contributed by atoms with van der Waals surface area (Å²) in [5.41, 5.74) is 1.69. The molecule has 0 spiro atoms. The van der Waals surface area contributed by atoms with E-state index in [2.05, 4.69) is 51.1 Å². The molecule has 0 aliphatic heterocycles. The van der Waals surface area contributed by atoms with Crippen molar-refractivity contribution in [1.29, 1.82) is 0 Å². The molecule has 0 saturated carbocycles. The third-order valence-corrected chi connectivity index (χ3v) is 1.64. The molecule has 0 unspecified atom stereocenters. The molecule has 0 atom stereocenters. The normalized spacial score (nSPS) is 10.5. The second kappa shape index (κ2) is 3.77. The van der Waals surface area contributed by atoms with Crippen molar-refractivity contribution in [2.24, 2.45) is 0 Å². The Morgan fingerprint density at radius 3 is 1.64 bits per heavy atom. The molecule has 0 radical (unpaired) electrons. The Kier molecular flexibility index (Phi) is 3.61. The van der Waals surface area contributed by atoms with Crippen LogP contribution in [0.3, 0.4) is 0 Å². The van der Waals surface area contributed by atoms with Crippen LogP contribution < -0.4 is 0 Å². The minimum atomic E-state index is 0. The number of hydrogen-bond acceptors (Lipinski definition) is 0. The molecule has 1 heteroatoms. The van der Waals surface area contributed by atoms with E-state index >= 15 is 0 Å². The highest BCUT2D eigenvalue weighted by Gasteiger charge is 2.11. The molecular formula is C10H15Cl. The van der Waals surface area contributed by atoms with E-state index in [1.807, 2.05) is 0 Å². The van der Waals surface area contributed by atoms with Gasteiger partial charge in [-0.25, -0.2) is 0 Å². The van der Waals surface area contributed by atoms with Crippen molar-refractivity contribution in [2.45, 2.75) is 26.2 Å². The first kappa shape index (κ1) is 10.5. The second-order valence-corrected chi connectivity index (χ2v) is 3.62. The summed E-state index contributed by atoms with van der Waals surface area (Å²) in [6.45, 7) is 6.67. The molecular weight excluding hydrogens is 156 g/mol. The smallest absolute Gasteiger partial charge is 0.0132 e. The summed E-state index contributed by atoms with van der Waals surface area (Å²) in [6, 6.07) is 10.6. The standard InChI is InChI=1S/C10H14.ClH/c1-10(2,3)9-7-5-4-6-8-9;/h4-8H,1-3H3;1H. The van der Waals surface area contributed by atoms with Crippen molar-refractivity contribution in [3.05, 3.63) is 35.9 Å². The maximum Gasteiger partial charge on any atom is -0.0132 e. The first-order valence-electron chi connectivity index (χ1n) is 3.66. The van der Waals surface area contributed by atoms with Crippen molar-refractivity contribution in [3.63, 3.8) is 0 Å². The van der Waals surface area contributed by atoms with Gasteiger partial charge in [0.1, 0.15) is 0 Å². The average molecular weight is 171 g/mol. The van der Waals surface area contributed by atoms with Gasteiger partial charge in [-0.3, -0.25) is 0 Å². The van der Waals surface area contributed by atoms with E-state index in [0.29, 0.717) is 5.41 Å². The van der Waals surface area contributed by atoms with E-state index in [1.54, 1.807) is 0 Å². The van der Waals surface area contributed by atoms with E-state index in [4.69, 9.17) is 0 Å². The second-order valence-electron chi connectivity index (χ2n) is 3.62. The van der Waals surface area contributed by atoms with E-state index in [0.717, 1.165) is 0 Å². The number of halogens is 1. The van der Waals surface area contributed by atoms with Gasteiger partial charge < -0.3 is 0 Å². The zero-order valence-electron chi connectivity index (χ0n) is 7.29. The summed E-state index contributed by atoms with van der Waals surface area (Å²) in [7, 11) is 0. The Balaban J connectivity index is 0.000001000. The quantitative estimate of drug-likeness (QED) is 0.560. The van der Waals surface area contributed by atoms with Gasteiger partial charge in [-0.1, -0.05) is 51.1 Å². The first-order valence-corrected chi connectivity index (χ1v) is 3.66. The summed E-state index contributed by atoms with van der Waals surface area (Å²) in [6.07, 6.45) is 0. The van der Waals surface area contributed by atoms with Crippen molar-refractivity contribution >= 4 is 12.4 Å². The molecule has 1 aromatic carbocycles. The summed E-state index contributed by atoms with van der Waals surface area (Å²) in [5.74, 6) is 0. The van der Waals surface area contributed by atoms with E-state index in [-0.39, 0.29) is 12.4 Å². The van der Waals surface area contributed by atoms with Gasteiger partial charge in [-0.15, -0.1) is 12.4 Å². The van der Waals surface area contributed by atoms with Gasteiger partial charge in [0, 0.05) is 0 Å². The molecule has 62 valence electrons. The zero-order chi connectivity index (χ0) is 7.61. The number of hydrogen-bond donors (Lipinski definition) is 0. The van der Waals surface area contributed by atoms with Crippen LogP contribution >= 0.6 is 12.4 Å². The largest absolute Gasteiger partial charge is 0.147 e. The van der Waals surface area contributed by atoms with Crippen LogP contribution in [0.2, 0.25) is 0 Å². The minimum absolute atomic E-state index is 0. The monoisotopic (exact) mass is 170 g/mol. The third kappa shape index (κ3) is 2.94. The SMILES string of the molecule is CC(C)(C)c1ccccc1.Cl. The summed E-state index contributed by atoms with van der Waals surface area (Å²) in [4.78, 5) is 0. The molecule has 0 heterocycles. The minimum Gasteiger partial charge on any atom is -0.147 e. The molecule has 0 aromatic heterocycles. The van der Waals surface area contributed by atoms with Crippen molar-refractivity contribution < 1.29 is 0 Å². The van der Waals surface area contributed by atoms with Gasteiger partial charge in [-0.2, -0.15) is 0 Å². The Morgan fingerprint density at radius 2 is 1.36 bits per heavy atom. The number of benzene rings is 1. The van der Waals surface area contributed by atoms with Gasteiger partial charge in [0.25, 0.3) is 0 Å². The van der Waals surface area contributed by atoms with Gasteiger partial charge >= 0.3 is 0 Å². The van der Waals surface area contributed by atoms with Crippen molar-refractivity contribution in [2.75, 3.05) is 0 Å². The third-order valence-electron chi connectivity index (χ3n) is 1.64. The lowest BCUT2D eigenvalue weighted by molar-refractivity contribution is 0.590. The molecule has 1 rings (SSSR count). The lowest BCUT2D eigenvalue weighted by Gasteiger charge is -2.18. The van der Waals surface area contributed by atoms with E-state index < -0.39 is 0 Å². The fourth-order valence-electron chi connectivity index (χ4n) is 0.938. The topological polar surface area (TPSA) is 0 Å². The number of rotatable bonds is 0. The highest BCUT2D eigenvalue weighted by atomic mass is 35.5. The van der Waals surface area contributed by atoms with Crippen molar-refractivity contribution in [3.8, 4) is 0 Å². The molecule has 0 aliphatic carbocycles. The van der Waals surface area contributed by atoms with Gasteiger partial charge in [0.2, 0.25) is 0 Å². The highest BCUT2D eigenvalue weighted by Crippen LogP contribution is 2.20. The lowest BCUT2D eigenvalue weighted by Crippen LogP contribution is -2.10. The van der Waals surface area contributed by atoms with E-state index in [1.165, 1.54) is 5.56 Å². The van der Waals surface area contributed by atoms with Crippen molar-refractivity contribution in [1.82, 2.24) is 0 Å². The predicted molar refractivity (Wildman–Crippen MR) is 52.4 cm³/mol. The fourth-order valence-corrected chi connectivity index (χ4v) is 0.938.